The van der Waals surface area contributed by atoms with E-state index >= 15 is 0 Å². The number of alkyl halides is 1. The van der Waals surface area contributed by atoms with E-state index in [0.29, 0.717) is 4.83 Å². The fraction of sp³-hybridized carbons (Fsp3) is 0.333. The first-order valence-electron chi connectivity index (χ1n) is 5.88. The van der Waals surface area contributed by atoms with Gasteiger partial charge in [-0.15, -0.1) is 11.3 Å². The van der Waals surface area contributed by atoms with E-state index in [1.807, 2.05) is 11.3 Å². The number of aryl methyl sites for hydroxylation is 1. The second-order valence-electron chi connectivity index (χ2n) is 5.00. The highest BCUT2D eigenvalue weighted by Gasteiger charge is 2.31. The molecule has 0 spiro atoms. The van der Waals surface area contributed by atoms with Crippen LogP contribution in [-0.4, -0.2) is 0 Å². The minimum Gasteiger partial charge on any atom is -0.143 e. The lowest BCUT2D eigenvalue weighted by Crippen LogP contribution is -2.22. The van der Waals surface area contributed by atoms with Crippen molar-refractivity contribution < 1.29 is 0 Å². The Morgan fingerprint density at radius 3 is 2.28 bits per heavy atom. The van der Waals surface area contributed by atoms with E-state index in [4.69, 9.17) is 0 Å². The molecule has 0 aliphatic heterocycles. The predicted molar refractivity (Wildman–Crippen MR) is 87.9 cm³/mol. The molecule has 3 heteroatoms. The SMILES string of the molecule is Cc1sc(C(Br)C(C)(C)c2ccccc2)cc1Br. The zero-order valence-corrected chi connectivity index (χ0v) is 14.7. The van der Waals surface area contributed by atoms with Gasteiger partial charge >= 0.3 is 0 Å². The summed E-state index contributed by atoms with van der Waals surface area (Å²) in [5.74, 6) is 0. The molecule has 18 heavy (non-hydrogen) atoms. The summed E-state index contributed by atoms with van der Waals surface area (Å²) in [6, 6.07) is 12.9. The van der Waals surface area contributed by atoms with Crippen LogP contribution in [0.5, 0.6) is 0 Å². The molecule has 1 heterocycles. The molecule has 1 aromatic carbocycles. The average Bonchev–Trinajstić information content (AvgIpc) is 2.69. The van der Waals surface area contributed by atoms with Crippen LogP contribution >= 0.6 is 43.2 Å². The monoisotopic (exact) mass is 386 g/mol. The maximum Gasteiger partial charge on any atom is 0.0580 e. The van der Waals surface area contributed by atoms with Crippen molar-refractivity contribution in [2.45, 2.75) is 31.0 Å². The van der Waals surface area contributed by atoms with Crippen LogP contribution in [0.3, 0.4) is 0 Å². The van der Waals surface area contributed by atoms with Gasteiger partial charge in [0, 0.05) is 19.6 Å². The molecule has 1 atom stereocenters. The molecular formula is C15H16Br2S. The highest BCUT2D eigenvalue weighted by molar-refractivity contribution is 9.10. The van der Waals surface area contributed by atoms with Gasteiger partial charge in [-0.1, -0.05) is 60.1 Å². The van der Waals surface area contributed by atoms with Gasteiger partial charge in [0.15, 0.2) is 0 Å². The maximum atomic E-state index is 3.88. The van der Waals surface area contributed by atoms with E-state index in [2.05, 4.69) is 89.0 Å². The van der Waals surface area contributed by atoms with E-state index in [-0.39, 0.29) is 5.41 Å². The van der Waals surface area contributed by atoms with Gasteiger partial charge in [-0.2, -0.15) is 0 Å². The second-order valence-corrected chi connectivity index (χ2v) is 8.06. The first-order valence-corrected chi connectivity index (χ1v) is 8.41. The number of halogens is 2. The van der Waals surface area contributed by atoms with Crippen molar-refractivity contribution in [2.24, 2.45) is 0 Å². The van der Waals surface area contributed by atoms with E-state index in [1.165, 1.54) is 19.8 Å². The molecule has 0 aliphatic carbocycles. The highest BCUT2D eigenvalue weighted by Crippen LogP contribution is 2.46. The van der Waals surface area contributed by atoms with Gasteiger partial charge in [0.05, 0.1) is 4.83 Å². The largest absolute Gasteiger partial charge is 0.143 e. The van der Waals surface area contributed by atoms with Crippen molar-refractivity contribution in [1.82, 2.24) is 0 Å². The topological polar surface area (TPSA) is 0 Å². The quantitative estimate of drug-likeness (QED) is 0.547. The molecule has 0 saturated heterocycles. The Kier molecular flexibility index (Phi) is 4.35. The molecule has 0 saturated carbocycles. The average molecular weight is 388 g/mol. The number of thiophene rings is 1. The lowest BCUT2D eigenvalue weighted by atomic mass is 9.81. The number of benzene rings is 1. The van der Waals surface area contributed by atoms with Crippen LogP contribution in [0.4, 0.5) is 0 Å². The molecule has 1 aromatic heterocycles. The Morgan fingerprint density at radius 1 is 1.17 bits per heavy atom. The van der Waals surface area contributed by atoms with Crippen LogP contribution < -0.4 is 0 Å². The molecular weight excluding hydrogens is 372 g/mol. The molecule has 0 fully saturated rings. The zero-order valence-electron chi connectivity index (χ0n) is 10.7. The van der Waals surface area contributed by atoms with Gasteiger partial charge in [-0.05, 0) is 34.5 Å². The molecule has 0 radical (unpaired) electrons. The van der Waals surface area contributed by atoms with Gasteiger partial charge in [0.2, 0.25) is 0 Å². The van der Waals surface area contributed by atoms with Gasteiger partial charge < -0.3 is 0 Å². The molecule has 0 aliphatic rings. The molecule has 96 valence electrons. The van der Waals surface area contributed by atoms with E-state index in [0.717, 1.165) is 0 Å². The molecule has 0 amide bonds. The fourth-order valence-corrected chi connectivity index (χ4v) is 4.38. The third-order valence-corrected chi connectivity index (χ3v) is 7.42. The first-order chi connectivity index (χ1) is 8.43. The summed E-state index contributed by atoms with van der Waals surface area (Å²) in [4.78, 5) is 3.02. The Hall–Kier alpha value is -0.120. The summed E-state index contributed by atoms with van der Waals surface area (Å²) < 4.78 is 1.20. The van der Waals surface area contributed by atoms with Gasteiger partial charge in [0.1, 0.15) is 0 Å². The molecule has 1 unspecified atom stereocenters. The van der Waals surface area contributed by atoms with E-state index in [9.17, 15) is 0 Å². The van der Waals surface area contributed by atoms with Crippen LogP contribution in [0.25, 0.3) is 0 Å². The predicted octanol–water partition coefficient (Wildman–Crippen LogP) is 6.23. The van der Waals surface area contributed by atoms with Gasteiger partial charge in [-0.3, -0.25) is 0 Å². The third kappa shape index (κ3) is 2.73. The minimum atomic E-state index is 0.0675. The molecule has 2 rings (SSSR count). The van der Waals surface area contributed by atoms with Crippen molar-refractivity contribution in [1.29, 1.82) is 0 Å². The summed E-state index contributed by atoms with van der Waals surface area (Å²) in [6.45, 7) is 6.71. The van der Waals surface area contributed by atoms with E-state index in [1.54, 1.807) is 0 Å². The summed E-state index contributed by atoms with van der Waals surface area (Å²) in [6.07, 6.45) is 0. The van der Waals surface area contributed by atoms with Crippen LogP contribution in [-0.2, 0) is 5.41 Å². The Labute approximate surface area is 130 Å². The van der Waals surface area contributed by atoms with Gasteiger partial charge in [0.25, 0.3) is 0 Å². The smallest absolute Gasteiger partial charge is 0.0580 e. The highest BCUT2D eigenvalue weighted by atomic mass is 79.9. The standard InChI is InChI=1S/C15H16Br2S/c1-10-12(16)9-13(18-10)14(17)15(2,3)11-7-5-4-6-8-11/h4-9,14H,1-3H3. The first kappa shape index (κ1) is 14.3. The molecule has 0 bridgehead atoms. The van der Waals surface area contributed by atoms with Crippen LogP contribution in [0.15, 0.2) is 40.9 Å². The number of hydrogen-bond acceptors (Lipinski definition) is 1. The minimum absolute atomic E-state index is 0.0675. The van der Waals surface area contributed by atoms with Crippen LogP contribution in [0, 0.1) is 6.92 Å². The molecule has 0 nitrogen and oxygen atoms in total. The maximum absolute atomic E-state index is 3.88. The van der Waals surface area contributed by atoms with Crippen molar-refractivity contribution in [3.05, 3.63) is 56.2 Å². The van der Waals surface area contributed by atoms with Crippen LogP contribution in [0.2, 0.25) is 0 Å². The summed E-state index contributed by atoms with van der Waals surface area (Å²) in [5.41, 5.74) is 1.42. The normalized spacial score (nSPS) is 13.6. The number of hydrogen-bond donors (Lipinski definition) is 0. The second kappa shape index (κ2) is 5.48. The summed E-state index contributed by atoms with van der Waals surface area (Å²) >= 11 is 9.33. The van der Waals surface area contributed by atoms with Crippen molar-refractivity contribution in [3.63, 3.8) is 0 Å². The van der Waals surface area contributed by atoms with Crippen LogP contribution in [0.1, 0.15) is 34.0 Å². The van der Waals surface area contributed by atoms with Crippen molar-refractivity contribution in [2.75, 3.05) is 0 Å². The zero-order chi connectivity index (χ0) is 13.3. The summed E-state index contributed by atoms with van der Waals surface area (Å²) in [5, 5.41) is 0. The van der Waals surface area contributed by atoms with Gasteiger partial charge in [-0.25, -0.2) is 0 Å². The Balaban J connectivity index is 2.35. The third-order valence-electron chi connectivity index (χ3n) is 3.28. The fourth-order valence-electron chi connectivity index (χ4n) is 1.98. The summed E-state index contributed by atoms with van der Waals surface area (Å²) in [7, 11) is 0. The number of rotatable bonds is 3. The van der Waals surface area contributed by atoms with Crippen molar-refractivity contribution >= 4 is 43.2 Å². The Bertz CT molecular complexity index is 509. The lowest BCUT2D eigenvalue weighted by Gasteiger charge is -2.30. The molecule has 2 aromatic rings. The lowest BCUT2D eigenvalue weighted by molar-refractivity contribution is 0.522. The Morgan fingerprint density at radius 2 is 1.78 bits per heavy atom. The molecule has 0 N–H and O–H groups in total. The van der Waals surface area contributed by atoms with E-state index < -0.39 is 0 Å². The van der Waals surface area contributed by atoms with Crippen molar-refractivity contribution in [3.8, 4) is 0 Å².